The predicted octanol–water partition coefficient (Wildman–Crippen LogP) is 4.45. The van der Waals surface area contributed by atoms with E-state index in [1.807, 2.05) is 42.5 Å². The maximum Gasteiger partial charge on any atom is 0.200 e. The zero-order valence-corrected chi connectivity index (χ0v) is 11.6. The summed E-state index contributed by atoms with van der Waals surface area (Å²) in [5.74, 6) is 0. The average molecular weight is 264 g/mol. The molecular weight excluding hydrogens is 248 g/mol. The Bertz CT molecular complexity index is 865. The van der Waals surface area contributed by atoms with Crippen LogP contribution in [0.15, 0.2) is 63.3 Å². The van der Waals surface area contributed by atoms with Crippen molar-refractivity contribution in [3.05, 3.63) is 69.9 Å². The Morgan fingerprint density at radius 1 is 1.05 bits per heavy atom. The molecular formula is C18H16O2. The van der Waals surface area contributed by atoms with Crippen molar-refractivity contribution < 1.29 is 4.42 Å². The molecule has 1 aromatic heterocycles. The van der Waals surface area contributed by atoms with Gasteiger partial charge in [-0.2, -0.15) is 0 Å². The summed E-state index contributed by atoms with van der Waals surface area (Å²) in [5.41, 5.74) is 3.62. The molecule has 1 heterocycles. The lowest BCUT2D eigenvalue weighted by molar-refractivity contribution is 0.659. The van der Waals surface area contributed by atoms with Gasteiger partial charge in [0.05, 0.1) is 10.8 Å². The van der Waals surface area contributed by atoms with Gasteiger partial charge in [-0.15, -0.1) is 0 Å². The van der Waals surface area contributed by atoms with E-state index in [9.17, 15) is 4.79 Å². The van der Waals surface area contributed by atoms with Gasteiger partial charge in [0.15, 0.2) is 0 Å². The van der Waals surface area contributed by atoms with Gasteiger partial charge in [0, 0.05) is 0 Å². The minimum Gasteiger partial charge on any atom is -0.456 e. The van der Waals surface area contributed by atoms with Crippen molar-refractivity contribution in [1.29, 1.82) is 0 Å². The van der Waals surface area contributed by atoms with Crippen molar-refractivity contribution >= 4 is 21.9 Å². The molecule has 0 aliphatic carbocycles. The highest BCUT2D eigenvalue weighted by Gasteiger charge is 2.10. The van der Waals surface area contributed by atoms with Crippen molar-refractivity contribution in [2.24, 2.45) is 0 Å². The Kier molecular flexibility index (Phi) is 3.15. The van der Waals surface area contributed by atoms with Crippen LogP contribution in [0.5, 0.6) is 0 Å². The van der Waals surface area contributed by atoms with Crippen molar-refractivity contribution in [2.75, 3.05) is 0 Å². The molecule has 2 nitrogen and oxygen atoms in total. The van der Waals surface area contributed by atoms with Crippen molar-refractivity contribution in [2.45, 2.75) is 20.3 Å². The van der Waals surface area contributed by atoms with Crippen LogP contribution in [0, 0.1) is 0 Å². The molecule has 3 rings (SSSR count). The third-order valence-corrected chi connectivity index (χ3v) is 3.42. The lowest BCUT2D eigenvalue weighted by Crippen LogP contribution is -2.04. The van der Waals surface area contributed by atoms with Gasteiger partial charge >= 0.3 is 0 Å². The highest BCUT2D eigenvalue weighted by Crippen LogP contribution is 2.21. The molecule has 0 radical (unpaired) electrons. The quantitative estimate of drug-likeness (QED) is 0.505. The summed E-state index contributed by atoms with van der Waals surface area (Å²) in [5, 5.41) is 1.34. The Hall–Kier alpha value is -2.35. The molecule has 100 valence electrons. The fourth-order valence-electron chi connectivity index (χ4n) is 2.40. The number of hydrogen-bond acceptors (Lipinski definition) is 2. The molecule has 2 heteroatoms. The lowest BCUT2D eigenvalue weighted by Gasteiger charge is -2.05. The fourth-order valence-corrected chi connectivity index (χ4v) is 2.40. The van der Waals surface area contributed by atoms with Crippen LogP contribution >= 0.6 is 0 Å². The molecule has 0 saturated carbocycles. The zero-order chi connectivity index (χ0) is 14.1. The number of fused-ring (bicyclic) bond motifs is 2. The summed E-state index contributed by atoms with van der Waals surface area (Å²) in [4.78, 5) is 12.7. The number of rotatable bonds is 2. The van der Waals surface area contributed by atoms with E-state index in [1.165, 1.54) is 5.57 Å². The molecule has 20 heavy (non-hydrogen) atoms. The SMILES string of the molecule is CC(C)=CCc1cccc2oc3ccccc3c(=O)c12. The van der Waals surface area contributed by atoms with Gasteiger partial charge in [-0.1, -0.05) is 35.9 Å². The first-order valence-corrected chi connectivity index (χ1v) is 6.73. The van der Waals surface area contributed by atoms with Gasteiger partial charge in [-0.3, -0.25) is 4.79 Å². The first-order valence-electron chi connectivity index (χ1n) is 6.73. The Labute approximate surface area is 117 Å². The maximum absolute atomic E-state index is 12.7. The largest absolute Gasteiger partial charge is 0.456 e. The standard InChI is InChI=1S/C18H16O2/c1-12(2)10-11-13-6-5-9-16-17(13)18(19)14-7-3-4-8-15(14)20-16/h3-10H,11H2,1-2H3. The van der Waals surface area contributed by atoms with Crippen LogP contribution in [0.25, 0.3) is 21.9 Å². The molecule has 0 N–H and O–H groups in total. The summed E-state index contributed by atoms with van der Waals surface area (Å²) in [6, 6.07) is 13.2. The van der Waals surface area contributed by atoms with Crippen molar-refractivity contribution in [1.82, 2.24) is 0 Å². The Morgan fingerprint density at radius 2 is 1.80 bits per heavy atom. The molecule has 0 unspecified atom stereocenters. The highest BCUT2D eigenvalue weighted by molar-refractivity contribution is 5.91. The van der Waals surface area contributed by atoms with Crippen LogP contribution in [0.2, 0.25) is 0 Å². The smallest absolute Gasteiger partial charge is 0.200 e. The molecule has 0 aliphatic heterocycles. The first-order chi connectivity index (χ1) is 9.66. The van der Waals surface area contributed by atoms with Gasteiger partial charge in [0.2, 0.25) is 5.43 Å². The van der Waals surface area contributed by atoms with Gasteiger partial charge in [0.1, 0.15) is 11.2 Å². The number of benzene rings is 2. The minimum absolute atomic E-state index is 0.0552. The Balaban J connectivity index is 2.36. The molecule has 3 aromatic rings. The molecule has 0 fully saturated rings. The van der Waals surface area contributed by atoms with E-state index in [2.05, 4.69) is 19.9 Å². The molecule has 0 amide bonds. The van der Waals surface area contributed by atoms with E-state index in [1.54, 1.807) is 0 Å². The normalized spacial score (nSPS) is 10.9. The molecule has 0 aliphatic rings. The topological polar surface area (TPSA) is 30.2 Å². The van der Waals surface area contributed by atoms with Gasteiger partial charge in [-0.05, 0) is 44.0 Å². The minimum atomic E-state index is 0.0552. The second kappa shape index (κ2) is 4.97. The van der Waals surface area contributed by atoms with E-state index in [-0.39, 0.29) is 5.43 Å². The van der Waals surface area contributed by atoms with Gasteiger partial charge in [0.25, 0.3) is 0 Å². The van der Waals surface area contributed by atoms with E-state index in [0.29, 0.717) is 21.9 Å². The van der Waals surface area contributed by atoms with Crippen LogP contribution < -0.4 is 5.43 Å². The monoisotopic (exact) mass is 264 g/mol. The summed E-state index contributed by atoms with van der Waals surface area (Å²) >= 11 is 0. The third kappa shape index (κ3) is 2.14. The summed E-state index contributed by atoms with van der Waals surface area (Å²) < 4.78 is 5.85. The fraction of sp³-hybridized carbons (Fsp3) is 0.167. The average Bonchev–Trinajstić information content (AvgIpc) is 2.45. The van der Waals surface area contributed by atoms with Gasteiger partial charge < -0.3 is 4.42 Å². The highest BCUT2D eigenvalue weighted by atomic mass is 16.3. The maximum atomic E-state index is 12.7. The van der Waals surface area contributed by atoms with Crippen LogP contribution in [-0.2, 0) is 6.42 Å². The summed E-state index contributed by atoms with van der Waals surface area (Å²) in [7, 11) is 0. The third-order valence-electron chi connectivity index (χ3n) is 3.42. The predicted molar refractivity (Wildman–Crippen MR) is 83.1 cm³/mol. The van der Waals surface area contributed by atoms with E-state index in [0.717, 1.165) is 12.0 Å². The number of hydrogen-bond donors (Lipinski definition) is 0. The molecule has 2 aromatic carbocycles. The second-order valence-corrected chi connectivity index (χ2v) is 5.20. The summed E-state index contributed by atoms with van der Waals surface area (Å²) in [6.45, 7) is 4.12. The lowest BCUT2D eigenvalue weighted by atomic mass is 10.0. The van der Waals surface area contributed by atoms with E-state index < -0.39 is 0 Å². The number of para-hydroxylation sites is 1. The van der Waals surface area contributed by atoms with Crippen molar-refractivity contribution in [3.8, 4) is 0 Å². The zero-order valence-electron chi connectivity index (χ0n) is 11.6. The van der Waals surface area contributed by atoms with Crippen molar-refractivity contribution in [3.63, 3.8) is 0 Å². The first kappa shape index (κ1) is 12.7. The van der Waals surface area contributed by atoms with Gasteiger partial charge in [-0.25, -0.2) is 0 Å². The summed E-state index contributed by atoms with van der Waals surface area (Å²) in [6.07, 6.45) is 2.88. The van der Waals surface area contributed by atoms with Crippen LogP contribution in [0.1, 0.15) is 19.4 Å². The molecule has 0 saturated heterocycles. The van der Waals surface area contributed by atoms with Crippen LogP contribution in [-0.4, -0.2) is 0 Å². The molecule has 0 spiro atoms. The van der Waals surface area contributed by atoms with Crippen LogP contribution in [0.3, 0.4) is 0 Å². The van der Waals surface area contributed by atoms with E-state index in [4.69, 9.17) is 4.42 Å². The number of allylic oxidation sites excluding steroid dienone is 2. The molecule has 0 bridgehead atoms. The van der Waals surface area contributed by atoms with E-state index >= 15 is 0 Å². The van der Waals surface area contributed by atoms with Crippen LogP contribution in [0.4, 0.5) is 0 Å². The molecule has 0 atom stereocenters. The Morgan fingerprint density at radius 3 is 2.60 bits per heavy atom. The second-order valence-electron chi connectivity index (χ2n) is 5.20.